The monoisotopic (exact) mass is 426 g/mol. The van der Waals surface area contributed by atoms with E-state index in [1.807, 2.05) is 0 Å². The maximum atomic E-state index is 11.8. The summed E-state index contributed by atoms with van der Waals surface area (Å²) in [6.07, 6.45) is 14.0. The molecule has 0 spiro atoms. The van der Waals surface area contributed by atoms with Gasteiger partial charge in [-0.05, 0) is 119 Å². The third-order valence-electron chi connectivity index (χ3n) is 11.0. The van der Waals surface area contributed by atoms with Crippen LogP contribution in [0.4, 0.5) is 0 Å². The first-order chi connectivity index (χ1) is 14.6. The van der Waals surface area contributed by atoms with E-state index in [4.69, 9.17) is 0 Å². The summed E-state index contributed by atoms with van der Waals surface area (Å²) in [4.78, 5) is 11.8. The zero-order chi connectivity index (χ0) is 22.6. The average Bonchev–Trinajstić information content (AvgIpc) is 3.09. The number of aldehydes is 1. The molecule has 0 bridgehead atoms. The third-order valence-corrected chi connectivity index (χ3v) is 11.0. The van der Waals surface area contributed by atoms with Crippen molar-refractivity contribution < 1.29 is 9.90 Å². The predicted molar refractivity (Wildman–Crippen MR) is 129 cm³/mol. The molecular formula is C29H46O2. The molecule has 0 aromatic carbocycles. The summed E-state index contributed by atoms with van der Waals surface area (Å²) in [5.41, 5.74) is 5.46. The average molecular weight is 427 g/mol. The first-order valence-corrected chi connectivity index (χ1v) is 13.1. The van der Waals surface area contributed by atoms with Crippen LogP contribution < -0.4 is 0 Å². The number of fused-ring (bicyclic) bond motifs is 5. The van der Waals surface area contributed by atoms with E-state index in [1.165, 1.54) is 44.1 Å². The van der Waals surface area contributed by atoms with E-state index in [9.17, 15) is 9.90 Å². The highest BCUT2D eigenvalue weighted by molar-refractivity contribution is 5.56. The van der Waals surface area contributed by atoms with Crippen molar-refractivity contribution in [3.05, 3.63) is 22.8 Å². The van der Waals surface area contributed by atoms with Gasteiger partial charge in [0.1, 0.15) is 6.29 Å². The first kappa shape index (κ1) is 23.3. The Hall–Kier alpha value is -0.890. The number of carbonyl (C=O) groups excluding carboxylic acids is 1. The minimum Gasteiger partial charge on any atom is -0.392 e. The Morgan fingerprint density at radius 1 is 1.10 bits per heavy atom. The van der Waals surface area contributed by atoms with Crippen molar-refractivity contribution >= 4 is 6.29 Å². The van der Waals surface area contributed by atoms with Gasteiger partial charge < -0.3 is 9.90 Å². The molecule has 4 aliphatic rings. The minimum atomic E-state index is -0.430. The van der Waals surface area contributed by atoms with Gasteiger partial charge in [-0.2, -0.15) is 0 Å². The van der Waals surface area contributed by atoms with Gasteiger partial charge in [0.25, 0.3) is 0 Å². The Morgan fingerprint density at radius 3 is 2.45 bits per heavy atom. The largest absolute Gasteiger partial charge is 0.392 e. The first-order valence-electron chi connectivity index (χ1n) is 13.1. The molecule has 31 heavy (non-hydrogen) atoms. The van der Waals surface area contributed by atoms with Crippen molar-refractivity contribution in [3.63, 3.8) is 0 Å². The van der Waals surface area contributed by atoms with Crippen LogP contribution in [-0.2, 0) is 4.79 Å². The molecule has 0 radical (unpaired) electrons. The van der Waals surface area contributed by atoms with Gasteiger partial charge in [-0.1, -0.05) is 43.6 Å². The van der Waals surface area contributed by atoms with Gasteiger partial charge in [0.2, 0.25) is 0 Å². The van der Waals surface area contributed by atoms with Crippen molar-refractivity contribution in [2.45, 2.75) is 105 Å². The molecule has 0 saturated heterocycles. The summed E-state index contributed by atoms with van der Waals surface area (Å²) in [5.74, 6) is 3.15. The van der Waals surface area contributed by atoms with Gasteiger partial charge in [0.15, 0.2) is 0 Å². The number of rotatable bonds is 5. The van der Waals surface area contributed by atoms with E-state index < -0.39 is 6.10 Å². The van der Waals surface area contributed by atoms with Crippen LogP contribution in [0, 0.1) is 46.3 Å². The van der Waals surface area contributed by atoms with Crippen molar-refractivity contribution in [2.24, 2.45) is 46.3 Å². The fraction of sp³-hybridized carbons (Fsp3) is 0.828. The van der Waals surface area contributed by atoms with E-state index >= 15 is 0 Å². The summed E-state index contributed by atoms with van der Waals surface area (Å²) in [5, 5.41) is 10.5. The smallest absolute Gasteiger partial charge is 0.125 e. The normalized spacial score (nSPS) is 45.1. The fourth-order valence-corrected chi connectivity index (χ4v) is 8.71. The lowest BCUT2D eigenvalue weighted by molar-refractivity contribution is -0.129. The molecule has 0 aromatic rings. The van der Waals surface area contributed by atoms with Crippen LogP contribution in [0.3, 0.4) is 0 Å². The van der Waals surface area contributed by atoms with Crippen molar-refractivity contribution in [3.8, 4) is 0 Å². The second-order valence-electron chi connectivity index (χ2n) is 12.5. The van der Waals surface area contributed by atoms with Gasteiger partial charge in [-0.15, -0.1) is 0 Å². The van der Waals surface area contributed by atoms with E-state index in [1.54, 1.807) is 11.1 Å². The molecule has 4 aliphatic carbocycles. The Labute approximate surface area is 191 Å². The number of hydrogen-bond donors (Lipinski definition) is 1. The SMILES string of the molecule is CC(C)=C(C)CC[C@@H](C)[C@H]1CC[C@H]2C3=CCC4[C@H](C=O)[C@@H](O)CC[C@]4(C)[C@H]3CC[C@]12C. The van der Waals surface area contributed by atoms with Crippen LogP contribution in [0.1, 0.15) is 99.3 Å². The van der Waals surface area contributed by atoms with E-state index in [2.05, 4.69) is 47.6 Å². The molecule has 174 valence electrons. The van der Waals surface area contributed by atoms with E-state index in [0.29, 0.717) is 17.3 Å². The molecule has 0 amide bonds. The summed E-state index contributed by atoms with van der Waals surface area (Å²) < 4.78 is 0. The lowest BCUT2D eigenvalue weighted by atomic mass is 9.46. The fourth-order valence-electron chi connectivity index (χ4n) is 8.71. The number of aliphatic hydroxyl groups is 1. The zero-order valence-corrected chi connectivity index (χ0v) is 20.9. The highest BCUT2D eigenvalue weighted by Gasteiger charge is 2.59. The summed E-state index contributed by atoms with van der Waals surface area (Å²) in [6.45, 7) is 14.4. The molecule has 3 fully saturated rings. The molecule has 9 atom stereocenters. The molecule has 3 saturated carbocycles. The molecule has 2 nitrogen and oxygen atoms in total. The predicted octanol–water partition coefficient (Wildman–Crippen LogP) is 7.12. The molecule has 2 heteroatoms. The summed E-state index contributed by atoms with van der Waals surface area (Å²) in [7, 11) is 0. The van der Waals surface area contributed by atoms with Gasteiger partial charge in [0.05, 0.1) is 6.10 Å². The molecule has 0 aliphatic heterocycles. The standard InChI is InChI=1S/C29H46O2/c1-18(2)19(3)7-8-20(4)23-11-12-24-21-9-10-25-22(17-30)27(31)14-16-29(25,6)26(21)13-15-28(23,24)5/h9,17,20,22-27,31H,7-8,10-16H2,1-6H3/t20-,22+,23-,24+,25?,26+,27+,28-,29+/m1/s1. The second kappa shape index (κ2) is 8.47. The van der Waals surface area contributed by atoms with Crippen LogP contribution >= 0.6 is 0 Å². The van der Waals surface area contributed by atoms with Gasteiger partial charge in [-0.3, -0.25) is 0 Å². The second-order valence-corrected chi connectivity index (χ2v) is 12.5. The van der Waals surface area contributed by atoms with Gasteiger partial charge >= 0.3 is 0 Å². The molecule has 1 N–H and O–H groups in total. The molecular weight excluding hydrogens is 380 g/mol. The highest BCUT2D eigenvalue weighted by Crippen LogP contribution is 2.67. The maximum absolute atomic E-state index is 11.8. The third kappa shape index (κ3) is 3.69. The van der Waals surface area contributed by atoms with Gasteiger partial charge in [-0.25, -0.2) is 0 Å². The van der Waals surface area contributed by atoms with E-state index in [-0.39, 0.29) is 11.3 Å². The number of allylic oxidation sites excluding steroid dienone is 4. The lowest BCUT2D eigenvalue weighted by Crippen LogP contribution is -2.53. The summed E-state index contributed by atoms with van der Waals surface area (Å²) >= 11 is 0. The highest BCUT2D eigenvalue weighted by atomic mass is 16.3. The van der Waals surface area contributed by atoms with Crippen molar-refractivity contribution in [1.82, 2.24) is 0 Å². The Bertz CT molecular complexity index is 759. The summed E-state index contributed by atoms with van der Waals surface area (Å²) in [6, 6.07) is 0. The topological polar surface area (TPSA) is 37.3 Å². The number of aliphatic hydroxyl groups excluding tert-OH is 1. The van der Waals surface area contributed by atoms with Gasteiger partial charge in [0, 0.05) is 5.92 Å². The Kier molecular flexibility index (Phi) is 6.36. The maximum Gasteiger partial charge on any atom is 0.125 e. The number of hydrogen-bond acceptors (Lipinski definition) is 2. The molecule has 0 heterocycles. The van der Waals surface area contributed by atoms with E-state index in [0.717, 1.165) is 43.3 Å². The zero-order valence-electron chi connectivity index (χ0n) is 20.9. The van der Waals surface area contributed by atoms with Crippen LogP contribution in [0.15, 0.2) is 22.8 Å². The van der Waals surface area contributed by atoms with Crippen molar-refractivity contribution in [1.29, 1.82) is 0 Å². The van der Waals surface area contributed by atoms with Crippen LogP contribution in [0.25, 0.3) is 0 Å². The minimum absolute atomic E-state index is 0.167. The Balaban J connectivity index is 1.55. The number of carbonyl (C=O) groups is 1. The van der Waals surface area contributed by atoms with Crippen LogP contribution in [0.5, 0.6) is 0 Å². The molecule has 0 aromatic heterocycles. The van der Waals surface area contributed by atoms with Crippen LogP contribution in [-0.4, -0.2) is 17.5 Å². The van der Waals surface area contributed by atoms with Crippen LogP contribution in [0.2, 0.25) is 0 Å². The Morgan fingerprint density at radius 2 is 1.77 bits per heavy atom. The lowest BCUT2D eigenvalue weighted by Gasteiger charge is -2.59. The molecule has 4 rings (SSSR count). The van der Waals surface area contributed by atoms with Crippen molar-refractivity contribution in [2.75, 3.05) is 0 Å². The molecule has 1 unspecified atom stereocenters. The quantitative estimate of drug-likeness (QED) is 0.375.